The third-order valence-corrected chi connectivity index (χ3v) is 4.75. The largest absolute Gasteiger partial charge is 0.312 e. The minimum Gasteiger partial charge on any atom is -0.312 e. The Kier molecular flexibility index (Phi) is 5.56. The summed E-state index contributed by atoms with van der Waals surface area (Å²) in [5.74, 6) is 0.515. The summed E-state index contributed by atoms with van der Waals surface area (Å²) in [6.07, 6.45) is 3.59. The molecule has 2 aromatic rings. The molecule has 0 amide bonds. The second-order valence-corrected chi connectivity index (χ2v) is 6.18. The summed E-state index contributed by atoms with van der Waals surface area (Å²) in [4.78, 5) is 8.67. The van der Waals surface area contributed by atoms with Gasteiger partial charge in [-0.05, 0) is 24.6 Å². The molecule has 1 N–H and O–H groups in total. The van der Waals surface area contributed by atoms with Crippen molar-refractivity contribution in [3.8, 4) is 0 Å². The number of nitrogens with one attached hydrogen (secondary N) is 1. The highest BCUT2D eigenvalue weighted by Gasteiger charge is 2.26. The molecule has 0 saturated carbocycles. The topological polar surface area (TPSA) is 37.8 Å². The zero-order chi connectivity index (χ0) is 14.4. The van der Waals surface area contributed by atoms with Gasteiger partial charge in [-0.1, -0.05) is 55.9 Å². The molecule has 0 aliphatic carbocycles. The fraction of sp³-hybridized carbons (Fsp3) is 0.375. The summed E-state index contributed by atoms with van der Waals surface area (Å²) >= 11 is 1.74. The Bertz CT molecular complexity index is 502. The van der Waals surface area contributed by atoms with Gasteiger partial charge in [0.2, 0.25) is 0 Å². The van der Waals surface area contributed by atoms with Crippen LogP contribution in [0.2, 0.25) is 0 Å². The summed E-state index contributed by atoms with van der Waals surface area (Å²) in [5, 5.41) is 4.66. The molecule has 2 unspecified atom stereocenters. The smallest absolute Gasteiger partial charge is 0.187 e. The van der Waals surface area contributed by atoms with Gasteiger partial charge in [0, 0.05) is 23.7 Å². The maximum Gasteiger partial charge on any atom is 0.187 e. The lowest BCUT2D eigenvalue weighted by atomic mass is 9.96. The SMILES string of the molecule is CNC(c1ccccc1)C(Sc1ncccn1)C(C)C. The fourth-order valence-corrected chi connectivity index (χ4v) is 3.43. The minimum absolute atomic E-state index is 0.282. The fourth-order valence-electron chi connectivity index (χ4n) is 2.24. The normalized spacial score (nSPS) is 14.2. The number of rotatable bonds is 6. The number of hydrogen-bond donors (Lipinski definition) is 1. The van der Waals surface area contributed by atoms with E-state index in [2.05, 4.69) is 53.4 Å². The molecule has 1 heterocycles. The Balaban J connectivity index is 2.22. The Morgan fingerprint density at radius 1 is 1.00 bits per heavy atom. The van der Waals surface area contributed by atoms with Crippen LogP contribution in [0, 0.1) is 5.92 Å². The van der Waals surface area contributed by atoms with Gasteiger partial charge in [-0.2, -0.15) is 0 Å². The monoisotopic (exact) mass is 287 g/mol. The molecule has 20 heavy (non-hydrogen) atoms. The van der Waals surface area contributed by atoms with E-state index in [9.17, 15) is 0 Å². The van der Waals surface area contributed by atoms with Crippen LogP contribution in [-0.4, -0.2) is 22.3 Å². The van der Waals surface area contributed by atoms with Crippen molar-refractivity contribution in [2.45, 2.75) is 30.3 Å². The number of hydrogen-bond acceptors (Lipinski definition) is 4. The average Bonchev–Trinajstić information content (AvgIpc) is 2.49. The molecule has 1 aromatic carbocycles. The predicted octanol–water partition coefficient (Wildman–Crippen LogP) is 3.55. The van der Waals surface area contributed by atoms with Crippen LogP contribution < -0.4 is 5.32 Å². The summed E-state index contributed by atoms with van der Waals surface area (Å²) in [6.45, 7) is 4.49. The second kappa shape index (κ2) is 7.41. The quantitative estimate of drug-likeness (QED) is 0.651. The number of thioether (sulfide) groups is 1. The first kappa shape index (κ1) is 15.0. The summed E-state index contributed by atoms with van der Waals surface area (Å²) in [7, 11) is 2.01. The Hall–Kier alpha value is -1.39. The maximum absolute atomic E-state index is 4.34. The first-order chi connectivity index (χ1) is 9.72. The standard InChI is InChI=1S/C16H21N3S/c1-12(2)15(20-16-18-10-7-11-19-16)14(17-3)13-8-5-4-6-9-13/h4-12,14-15,17H,1-3H3. The van der Waals surface area contributed by atoms with E-state index in [1.807, 2.05) is 19.2 Å². The van der Waals surface area contributed by atoms with Crippen LogP contribution in [0.3, 0.4) is 0 Å². The van der Waals surface area contributed by atoms with Gasteiger partial charge in [0.05, 0.1) is 0 Å². The summed E-state index contributed by atoms with van der Waals surface area (Å²) in [6, 6.07) is 12.7. The van der Waals surface area contributed by atoms with Crippen LogP contribution in [0.1, 0.15) is 25.5 Å². The highest BCUT2D eigenvalue weighted by molar-refractivity contribution is 7.99. The van der Waals surface area contributed by atoms with E-state index < -0.39 is 0 Å². The molecule has 0 radical (unpaired) electrons. The molecule has 2 rings (SSSR count). The van der Waals surface area contributed by atoms with E-state index in [0.29, 0.717) is 11.2 Å². The number of benzene rings is 1. The number of nitrogens with zero attached hydrogens (tertiary/aromatic N) is 2. The average molecular weight is 287 g/mol. The lowest BCUT2D eigenvalue weighted by Gasteiger charge is -2.29. The van der Waals surface area contributed by atoms with E-state index in [1.54, 1.807) is 24.2 Å². The molecular weight excluding hydrogens is 266 g/mol. The maximum atomic E-state index is 4.34. The van der Waals surface area contributed by atoms with Crippen molar-refractivity contribution in [2.24, 2.45) is 5.92 Å². The minimum atomic E-state index is 0.282. The molecular formula is C16H21N3S. The van der Waals surface area contributed by atoms with E-state index in [0.717, 1.165) is 5.16 Å². The molecule has 0 bridgehead atoms. The van der Waals surface area contributed by atoms with Crippen molar-refractivity contribution in [3.63, 3.8) is 0 Å². The van der Waals surface area contributed by atoms with E-state index in [-0.39, 0.29) is 6.04 Å². The molecule has 0 aliphatic rings. The Morgan fingerprint density at radius 3 is 2.20 bits per heavy atom. The van der Waals surface area contributed by atoms with Gasteiger partial charge in [0.25, 0.3) is 0 Å². The summed E-state index contributed by atoms with van der Waals surface area (Å²) < 4.78 is 0. The molecule has 3 nitrogen and oxygen atoms in total. The van der Waals surface area contributed by atoms with Crippen LogP contribution in [0.15, 0.2) is 53.9 Å². The van der Waals surface area contributed by atoms with Crippen molar-refractivity contribution >= 4 is 11.8 Å². The third kappa shape index (κ3) is 3.81. The Labute approximate surface area is 125 Å². The molecule has 0 aliphatic heterocycles. The van der Waals surface area contributed by atoms with Crippen molar-refractivity contribution in [3.05, 3.63) is 54.4 Å². The molecule has 0 fully saturated rings. The van der Waals surface area contributed by atoms with Gasteiger partial charge in [-0.15, -0.1) is 0 Å². The van der Waals surface area contributed by atoms with E-state index >= 15 is 0 Å². The highest BCUT2D eigenvalue weighted by Crippen LogP contribution is 2.34. The molecule has 106 valence electrons. The molecule has 1 aromatic heterocycles. The summed E-state index contributed by atoms with van der Waals surface area (Å²) in [5.41, 5.74) is 1.30. The Morgan fingerprint density at radius 2 is 1.65 bits per heavy atom. The lowest BCUT2D eigenvalue weighted by Crippen LogP contribution is -2.31. The van der Waals surface area contributed by atoms with Crippen molar-refractivity contribution in [1.82, 2.24) is 15.3 Å². The van der Waals surface area contributed by atoms with Gasteiger partial charge < -0.3 is 5.32 Å². The van der Waals surface area contributed by atoms with Crippen molar-refractivity contribution in [2.75, 3.05) is 7.05 Å². The first-order valence-corrected chi connectivity index (χ1v) is 7.76. The highest BCUT2D eigenvalue weighted by atomic mass is 32.2. The van der Waals surface area contributed by atoms with Crippen LogP contribution in [0.4, 0.5) is 0 Å². The first-order valence-electron chi connectivity index (χ1n) is 6.88. The van der Waals surface area contributed by atoms with Crippen molar-refractivity contribution in [1.29, 1.82) is 0 Å². The zero-order valence-corrected chi connectivity index (χ0v) is 13.0. The molecule has 0 spiro atoms. The molecule has 0 saturated heterocycles. The van der Waals surface area contributed by atoms with Gasteiger partial charge in [-0.25, -0.2) is 9.97 Å². The molecule has 2 atom stereocenters. The lowest BCUT2D eigenvalue weighted by molar-refractivity contribution is 0.472. The third-order valence-electron chi connectivity index (χ3n) is 3.24. The van der Waals surface area contributed by atoms with Gasteiger partial charge in [0.1, 0.15) is 0 Å². The van der Waals surface area contributed by atoms with Gasteiger partial charge in [-0.3, -0.25) is 0 Å². The van der Waals surface area contributed by atoms with Crippen LogP contribution in [0.5, 0.6) is 0 Å². The van der Waals surface area contributed by atoms with Crippen LogP contribution in [0.25, 0.3) is 0 Å². The van der Waals surface area contributed by atoms with Crippen LogP contribution >= 0.6 is 11.8 Å². The van der Waals surface area contributed by atoms with Crippen LogP contribution in [-0.2, 0) is 0 Å². The second-order valence-electron chi connectivity index (χ2n) is 5.03. The van der Waals surface area contributed by atoms with E-state index in [4.69, 9.17) is 0 Å². The number of aromatic nitrogens is 2. The van der Waals surface area contributed by atoms with Gasteiger partial charge in [0.15, 0.2) is 5.16 Å². The molecule has 4 heteroatoms. The van der Waals surface area contributed by atoms with Crippen molar-refractivity contribution < 1.29 is 0 Å². The predicted molar refractivity (Wildman–Crippen MR) is 84.8 cm³/mol. The van der Waals surface area contributed by atoms with Gasteiger partial charge >= 0.3 is 0 Å². The van der Waals surface area contributed by atoms with E-state index in [1.165, 1.54) is 5.56 Å². The zero-order valence-electron chi connectivity index (χ0n) is 12.2.